The number of para-hydroxylation sites is 1. The molecule has 3 aromatic carbocycles. The van der Waals surface area contributed by atoms with E-state index in [1.807, 2.05) is 66.7 Å². The van der Waals surface area contributed by atoms with Crippen molar-refractivity contribution >= 4 is 5.91 Å². The number of carbonyl (C=O) groups excluding carboxylic acids is 1. The lowest BCUT2D eigenvalue weighted by Crippen LogP contribution is -2.26. The summed E-state index contributed by atoms with van der Waals surface area (Å²) >= 11 is 0. The van der Waals surface area contributed by atoms with E-state index < -0.39 is 0 Å². The second-order valence-electron chi connectivity index (χ2n) is 6.70. The minimum Gasteiger partial charge on any atom is -0.349 e. The van der Waals surface area contributed by atoms with Gasteiger partial charge < -0.3 is 5.32 Å². The SMILES string of the molecule is O=C(CC(c1ccccc1)c1ccccc1)NCc1nnnn1-c1ccccc1. The van der Waals surface area contributed by atoms with Gasteiger partial charge in [-0.1, -0.05) is 78.9 Å². The van der Waals surface area contributed by atoms with Crippen molar-refractivity contribution in [2.45, 2.75) is 18.9 Å². The molecule has 29 heavy (non-hydrogen) atoms. The van der Waals surface area contributed by atoms with Crippen LogP contribution in [-0.2, 0) is 11.3 Å². The van der Waals surface area contributed by atoms with Crippen molar-refractivity contribution in [2.24, 2.45) is 0 Å². The highest BCUT2D eigenvalue weighted by atomic mass is 16.1. The Kier molecular flexibility index (Phi) is 5.71. The average molecular weight is 383 g/mol. The van der Waals surface area contributed by atoms with Gasteiger partial charge in [0.05, 0.1) is 12.2 Å². The maximum Gasteiger partial charge on any atom is 0.221 e. The molecule has 0 aliphatic carbocycles. The number of amides is 1. The normalized spacial score (nSPS) is 10.8. The van der Waals surface area contributed by atoms with E-state index in [9.17, 15) is 4.79 Å². The molecule has 6 heteroatoms. The molecule has 0 aliphatic rings. The van der Waals surface area contributed by atoms with Gasteiger partial charge in [-0.2, -0.15) is 4.68 Å². The Balaban J connectivity index is 1.47. The zero-order valence-corrected chi connectivity index (χ0v) is 15.8. The van der Waals surface area contributed by atoms with Gasteiger partial charge in [0, 0.05) is 12.3 Å². The molecule has 4 rings (SSSR count). The first-order valence-electron chi connectivity index (χ1n) is 9.50. The van der Waals surface area contributed by atoms with Crippen molar-refractivity contribution in [1.29, 1.82) is 0 Å². The molecule has 4 aromatic rings. The highest BCUT2D eigenvalue weighted by molar-refractivity contribution is 5.77. The molecule has 1 aromatic heterocycles. The van der Waals surface area contributed by atoms with Gasteiger partial charge in [-0.25, -0.2) is 0 Å². The van der Waals surface area contributed by atoms with E-state index in [1.165, 1.54) is 0 Å². The molecule has 0 fully saturated rings. The Labute approximate surface area is 169 Å². The number of hydrogen-bond acceptors (Lipinski definition) is 4. The van der Waals surface area contributed by atoms with E-state index in [1.54, 1.807) is 4.68 Å². The fraction of sp³-hybridized carbons (Fsp3) is 0.130. The number of nitrogens with zero attached hydrogens (tertiary/aromatic N) is 4. The molecule has 1 amide bonds. The number of carbonyl (C=O) groups is 1. The van der Waals surface area contributed by atoms with E-state index in [2.05, 4.69) is 45.1 Å². The summed E-state index contributed by atoms with van der Waals surface area (Å²) < 4.78 is 1.63. The largest absolute Gasteiger partial charge is 0.349 e. The maximum atomic E-state index is 12.8. The number of hydrogen-bond donors (Lipinski definition) is 1. The number of benzene rings is 3. The van der Waals surface area contributed by atoms with Crippen LogP contribution in [0, 0.1) is 0 Å². The van der Waals surface area contributed by atoms with Crippen LogP contribution in [0.3, 0.4) is 0 Å². The number of rotatable bonds is 7. The Hall–Kier alpha value is -3.80. The zero-order valence-electron chi connectivity index (χ0n) is 15.8. The first-order chi connectivity index (χ1) is 14.3. The fourth-order valence-corrected chi connectivity index (χ4v) is 3.32. The third kappa shape index (κ3) is 4.55. The Bertz CT molecular complexity index is 1010. The first-order valence-corrected chi connectivity index (χ1v) is 9.50. The highest BCUT2D eigenvalue weighted by Gasteiger charge is 2.18. The van der Waals surface area contributed by atoms with Gasteiger partial charge in [-0.3, -0.25) is 4.79 Å². The van der Waals surface area contributed by atoms with E-state index >= 15 is 0 Å². The topological polar surface area (TPSA) is 72.7 Å². The van der Waals surface area contributed by atoms with Crippen LogP contribution in [0.4, 0.5) is 0 Å². The van der Waals surface area contributed by atoms with Crippen LogP contribution in [0.5, 0.6) is 0 Å². The van der Waals surface area contributed by atoms with Gasteiger partial charge >= 0.3 is 0 Å². The molecular formula is C23H21N5O. The number of nitrogens with one attached hydrogen (secondary N) is 1. The molecule has 0 radical (unpaired) electrons. The lowest BCUT2D eigenvalue weighted by atomic mass is 9.88. The van der Waals surface area contributed by atoms with Gasteiger partial charge in [0.15, 0.2) is 5.82 Å². The molecule has 0 bridgehead atoms. The Morgan fingerprint density at radius 1 is 0.828 bits per heavy atom. The van der Waals surface area contributed by atoms with Crippen molar-refractivity contribution in [1.82, 2.24) is 25.5 Å². The Morgan fingerprint density at radius 3 is 1.97 bits per heavy atom. The van der Waals surface area contributed by atoms with Crippen LogP contribution >= 0.6 is 0 Å². The average Bonchev–Trinajstić information content (AvgIpc) is 3.26. The van der Waals surface area contributed by atoms with E-state index in [0.717, 1.165) is 16.8 Å². The molecule has 0 saturated carbocycles. The molecule has 0 aliphatic heterocycles. The van der Waals surface area contributed by atoms with E-state index in [0.29, 0.717) is 12.2 Å². The molecule has 0 atom stereocenters. The molecule has 0 unspecified atom stereocenters. The van der Waals surface area contributed by atoms with Crippen LogP contribution in [0.25, 0.3) is 5.69 Å². The quantitative estimate of drug-likeness (QED) is 0.530. The maximum absolute atomic E-state index is 12.8. The molecule has 1 heterocycles. The van der Waals surface area contributed by atoms with Crippen LogP contribution < -0.4 is 5.32 Å². The predicted octanol–water partition coefficient (Wildman–Crippen LogP) is 3.50. The number of aromatic nitrogens is 4. The summed E-state index contributed by atoms with van der Waals surface area (Å²) in [5, 5.41) is 14.8. The molecule has 6 nitrogen and oxygen atoms in total. The predicted molar refractivity (Wildman–Crippen MR) is 110 cm³/mol. The zero-order chi connectivity index (χ0) is 19.9. The van der Waals surface area contributed by atoms with Gasteiger partial charge in [-0.15, -0.1) is 5.10 Å². The summed E-state index contributed by atoms with van der Waals surface area (Å²) in [5.74, 6) is 0.522. The fourth-order valence-electron chi connectivity index (χ4n) is 3.32. The van der Waals surface area contributed by atoms with Crippen LogP contribution in [0.1, 0.15) is 29.3 Å². The van der Waals surface area contributed by atoms with Crippen molar-refractivity contribution in [3.63, 3.8) is 0 Å². The Morgan fingerprint density at radius 2 is 1.38 bits per heavy atom. The van der Waals surface area contributed by atoms with Crippen LogP contribution in [0.15, 0.2) is 91.0 Å². The van der Waals surface area contributed by atoms with Crippen molar-refractivity contribution < 1.29 is 4.79 Å². The molecular weight excluding hydrogens is 362 g/mol. The summed E-state index contributed by atoms with van der Waals surface area (Å²) in [6.45, 7) is 0.261. The van der Waals surface area contributed by atoms with Crippen molar-refractivity contribution in [2.75, 3.05) is 0 Å². The van der Waals surface area contributed by atoms with Gasteiger partial charge in [-0.05, 0) is 33.7 Å². The molecule has 0 saturated heterocycles. The van der Waals surface area contributed by atoms with E-state index in [-0.39, 0.29) is 18.4 Å². The molecule has 144 valence electrons. The summed E-state index contributed by atoms with van der Waals surface area (Å²) in [7, 11) is 0. The summed E-state index contributed by atoms with van der Waals surface area (Å²) in [4.78, 5) is 12.8. The molecule has 0 spiro atoms. The second-order valence-corrected chi connectivity index (χ2v) is 6.70. The minimum atomic E-state index is -0.0506. The lowest BCUT2D eigenvalue weighted by Gasteiger charge is -2.18. The second kappa shape index (κ2) is 8.93. The van der Waals surface area contributed by atoms with Gasteiger partial charge in [0.2, 0.25) is 5.91 Å². The highest BCUT2D eigenvalue weighted by Crippen LogP contribution is 2.27. The minimum absolute atomic E-state index is 0.0116. The van der Waals surface area contributed by atoms with Crippen LogP contribution in [0.2, 0.25) is 0 Å². The van der Waals surface area contributed by atoms with Crippen molar-refractivity contribution in [3.05, 3.63) is 108 Å². The summed E-state index contributed by atoms with van der Waals surface area (Å²) in [6, 6.07) is 29.8. The summed E-state index contributed by atoms with van der Waals surface area (Å²) in [5.41, 5.74) is 3.08. The van der Waals surface area contributed by atoms with Gasteiger partial charge in [0.1, 0.15) is 0 Å². The molecule has 1 N–H and O–H groups in total. The smallest absolute Gasteiger partial charge is 0.221 e. The standard InChI is InChI=1S/C23H21N5O/c29-23(24-17-22-25-26-27-28(22)20-14-8-3-9-15-20)16-21(18-10-4-1-5-11-18)19-12-6-2-7-13-19/h1-15,21H,16-17H2,(H,24,29). The first kappa shape index (κ1) is 18.6. The van der Waals surface area contributed by atoms with Gasteiger partial charge in [0.25, 0.3) is 0 Å². The number of tetrazole rings is 1. The van der Waals surface area contributed by atoms with Crippen LogP contribution in [-0.4, -0.2) is 26.1 Å². The third-order valence-corrected chi connectivity index (χ3v) is 4.77. The lowest BCUT2D eigenvalue weighted by molar-refractivity contribution is -0.121. The summed E-state index contributed by atoms with van der Waals surface area (Å²) in [6.07, 6.45) is 0.348. The van der Waals surface area contributed by atoms with E-state index in [4.69, 9.17) is 0 Å². The third-order valence-electron chi connectivity index (χ3n) is 4.77. The van der Waals surface area contributed by atoms with Crippen molar-refractivity contribution in [3.8, 4) is 5.69 Å². The monoisotopic (exact) mass is 383 g/mol.